The molecule has 0 aliphatic carbocycles. The lowest BCUT2D eigenvalue weighted by Gasteiger charge is -2.40. The van der Waals surface area contributed by atoms with Gasteiger partial charge in [-0.1, -0.05) is 117 Å². The van der Waals surface area contributed by atoms with Gasteiger partial charge in [-0.3, -0.25) is 38.4 Å². The second kappa shape index (κ2) is 38.2. The molecule has 0 aromatic heterocycles. The fourth-order valence-electron chi connectivity index (χ4n) is 7.78. The van der Waals surface area contributed by atoms with Gasteiger partial charge in [-0.2, -0.15) is 0 Å². The summed E-state index contributed by atoms with van der Waals surface area (Å²) in [5.41, 5.74) is 10.9. The molecule has 23 nitrogen and oxygen atoms in total. The molecule has 1 heterocycles. The van der Waals surface area contributed by atoms with Gasteiger partial charge >= 0.3 is 0 Å². The lowest BCUT2D eigenvalue weighted by atomic mass is 9.98. The number of nitrogens with one attached hydrogen (secondary N) is 7. The molecular formula is C47H87N9O14. The van der Waals surface area contributed by atoms with E-state index in [-0.39, 0.29) is 25.8 Å². The summed E-state index contributed by atoms with van der Waals surface area (Å²) in [6, 6.07) is -4.93. The number of rotatable bonds is 40. The Kier molecular flexibility index (Phi) is 34.6. The topological polar surface area (TPSA) is 383 Å². The van der Waals surface area contributed by atoms with Crippen LogP contribution in [-0.2, 0) is 43.1 Å². The molecule has 1 aliphatic heterocycles. The molecule has 0 aromatic carbocycles. The van der Waals surface area contributed by atoms with Crippen molar-refractivity contribution in [2.24, 2.45) is 11.5 Å². The summed E-state index contributed by atoms with van der Waals surface area (Å²) in [4.78, 5) is 104. The van der Waals surface area contributed by atoms with Crippen LogP contribution in [0, 0.1) is 0 Å². The van der Waals surface area contributed by atoms with Crippen LogP contribution < -0.4 is 48.7 Å². The number of hydrogen-bond acceptors (Lipinski definition) is 15. The number of carbonyl (C=O) groups excluding carboxylic acids is 8. The van der Waals surface area contributed by atoms with Crippen molar-refractivity contribution >= 4 is 47.3 Å². The summed E-state index contributed by atoms with van der Waals surface area (Å²) in [5.74, 6) is -6.10. The van der Waals surface area contributed by atoms with Gasteiger partial charge in [0.25, 0.3) is 0 Å². The number of hydrogen-bond donors (Lipinski definition) is 14. The Morgan fingerprint density at radius 1 is 0.500 bits per heavy atom. The first-order valence-electron chi connectivity index (χ1n) is 25.5. The SMILES string of the molecule is CCCCCCCCCCC(NC(=O)CNC(=O)C(CO)NC(=O)C(CCCCN)NC(=O)CCC(=O)N[C@@H]1O[C@H](CO)[C@@H](O)[C@H](O)[C@H]1O)C(=O)NC(CCCCCCCCCC)C(=O)NCC(N)=O. The Balaban J connectivity index is 2.97. The Morgan fingerprint density at radius 2 is 0.929 bits per heavy atom. The lowest BCUT2D eigenvalue weighted by Crippen LogP contribution is -2.63. The van der Waals surface area contributed by atoms with Gasteiger partial charge in [-0.05, 0) is 38.6 Å². The van der Waals surface area contributed by atoms with Gasteiger partial charge in [-0.25, -0.2) is 0 Å². The van der Waals surface area contributed by atoms with Crippen molar-refractivity contribution in [3.05, 3.63) is 0 Å². The molecule has 1 saturated heterocycles. The van der Waals surface area contributed by atoms with Crippen molar-refractivity contribution in [1.29, 1.82) is 0 Å². The predicted octanol–water partition coefficient (Wildman–Crippen LogP) is -1.48. The minimum absolute atomic E-state index is 0.0586. The highest BCUT2D eigenvalue weighted by molar-refractivity contribution is 5.96. The Morgan fingerprint density at radius 3 is 1.41 bits per heavy atom. The van der Waals surface area contributed by atoms with Gasteiger partial charge < -0.3 is 79.0 Å². The first-order valence-corrected chi connectivity index (χ1v) is 25.5. The number of nitrogens with two attached hydrogens (primary N) is 2. The van der Waals surface area contributed by atoms with E-state index in [0.717, 1.165) is 83.5 Å². The fraction of sp³-hybridized carbons (Fsp3) is 0.830. The molecule has 1 aliphatic rings. The van der Waals surface area contributed by atoms with E-state index in [9.17, 15) is 63.9 Å². The Hall–Kier alpha value is -4.52. The van der Waals surface area contributed by atoms with Crippen LogP contribution >= 0.6 is 0 Å². The molecule has 1 rings (SSSR count). The third-order valence-corrected chi connectivity index (χ3v) is 12.0. The smallest absolute Gasteiger partial charge is 0.245 e. The number of aliphatic hydroxyl groups excluding tert-OH is 5. The molecular weight excluding hydrogens is 915 g/mol. The van der Waals surface area contributed by atoms with E-state index in [2.05, 4.69) is 51.1 Å². The number of ether oxygens (including phenoxy) is 1. The van der Waals surface area contributed by atoms with Crippen LogP contribution in [0.2, 0.25) is 0 Å². The van der Waals surface area contributed by atoms with E-state index in [4.69, 9.17) is 16.2 Å². The van der Waals surface area contributed by atoms with Crippen LogP contribution in [0.5, 0.6) is 0 Å². The third kappa shape index (κ3) is 27.2. The molecule has 0 saturated carbocycles. The second-order valence-electron chi connectivity index (χ2n) is 18.1. The average Bonchev–Trinajstić information content (AvgIpc) is 3.33. The number of aliphatic hydroxyl groups is 5. The summed E-state index contributed by atoms with van der Waals surface area (Å²) in [6.45, 7) is 1.87. The molecule has 0 bridgehead atoms. The highest BCUT2D eigenvalue weighted by Gasteiger charge is 2.44. The van der Waals surface area contributed by atoms with E-state index < -0.39 is 141 Å². The zero-order chi connectivity index (χ0) is 52.3. The molecule has 4 unspecified atom stereocenters. The average molecular weight is 1000 g/mol. The first-order chi connectivity index (χ1) is 33.5. The quantitative estimate of drug-likeness (QED) is 0.0312. The molecule has 16 N–H and O–H groups in total. The number of unbranched alkanes of at least 4 members (excludes halogenated alkanes) is 15. The maximum Gasteiger partial charge on any atom is 0.245 e. The van der Waals surface area contributed by atoms with Crippen molar-refractivity contribution in [3.8, 4) is 0 Å². The van der Waals surface area contributed by atoms with Gasteiger partial charge in [-0.15, -0.1) is 0 Å². The van der Waals surface area contributed by atoms with Crippen molar-refractivity contribution < 1.29 is 68.6 Å². The van der Waals surface area contributed by atoms with E-state index in [1.807, 2.05) is 0 Å². The largest absolute Gasteiger partial charge is 0.394 e. The zero-order valence-corrected chi connectivity index (χ0v) is 41.6. The normalized spacial score (nSPS) is 19.4. The standard InChI is InChI=1S/C47H87N9O14/c1-3-5-7-9-11-13-15-17-21-31(43(66)50-27-36(49)59)54-45(68)33(22-18-16-14-12-10-8-6-4-2)53-39(62)28-51-44(67)34(29-57)55-46(69)32(23-19-20-26-48)52-37(60)24-25-38(61)56-47-42(65)41(64)40(63)35(30-58)70-47/h31-35,40-42,47,57-58,63-65H,3-30,48H2,1-2H3,(H2,49,59)(H,50,66)(H,51,67)(H,52,60)(H,53,62)(H,54,68)(H,55,69)(H,56,61)/t31?,32?,33?,34?,35-,40-,41+,42-,47-/m1/s1. The molecule has 1 fully saturated rings. The van der Waals surface area contributed by atoms with Gasteiger partial charge in [0.2, 0.25) is 47.3 Å². The van der Waals surface area contributed by atoms with E-state index in [1.165, 1.54) is 6.42 Å². The molecule has 9 atom stereocenters. The van der Waals surface area contributed by atoms with Crippen LogP contribution in [0.15, 0.2) is 0 Å². The van der Waals surface area contributed by atoms with Crippen molar-refractivity contribution in [2.75, 3.05) is 32.8 Å². The molecule has 0 aromatic rings. The number of amides is 8. The molecule has 23 heteroatoms. The maximum atomic E-state index is 13.8. The van der Waals surface area contributed by atoms with Gasteiger partial charge in [0.1, 0.15) is 48.6 Å². The second-order valence-corrected chi connectivity index (χ2v) is 18.1. The monoisotopic (exact) mass is 1000 g/mol. The fourth-order valence-corrected chi connectivity index (χ4v) is 7.78. The van der Waals surface area contributed by atoms with Crippen LogP contribution in [0.25, 0.3) is 0 Å². The van der Waals surface area contributed by atoms with E-state index in [0.29, 0.717) is 25.7 Å². The van der Waals surface area contributed by atoms with Crippen molar-refractivity contribution in [2.45, 2.75) is 216 Å². The predicted molar refractivity (Wildman–Crippen MR) is 259 cm³/mol. The Bertz CT molecular complexity index is 1560. The highest BCUT2D eigenvalue weighted by Crippen LogP contribution is 2.20. The summed E-state index contributed by atoms with van der Waals surface area (Å²) >= 11 is 0. The zero-order valence-electron chi connectivity index (χ0n) is 41.6. The van der Waals surface area contributed by atoms with Gasteiger partial charge in [0, 0.05) is 12.8 Å². The number of primary amides is 1. The molecule has 8 amide bonds. The van der Waals surface area contributed by atoms with E-state index >= 15 is 0 Å². The summed E-state index contributed by atoms with van der Waals surface area (Å²) in [7, 11) is 0. The molecule has 404 valence electrons. The van der Waals surface area contributed by atoms with Crippen LogP contribution in [0.3, 0.4) is 0 Å². The summed E-state index contributed by atoms with van der Waals surface area (Å²) < 4.78 is 5.25. The Labute approximate surface area is 412 Å². The molecule has 70 heavy (non-hydrogen) atoms. The molecule has 0 spiro atoms. The van der Waals surface area contributed by atoms with Crippen molar-refractivity contribution in [3.63, 3.8) is 0 Å². The first kappa shape index (κ1) is 63.5. The summed E-state index contributed by atoms with van der Waals surface area (Å²) in [5, 5.41) is 67.0. The van der Waals surface area contributed by atoms with Crippen molar-refractivity contribution in [1.82, 2.24) is 37.2 Å². The van der Waals surface area contributed by atoms with Crippen LogP contribution in [0.1, 0.15) is 162 Å². The lowest BCUT2D eigenvalue weighted by molar-refractivity contribution is -0.236. The highest BCUT2D eigenvalue weighted by atomic mass is 16.6. The minimum atomic E-state index is -1.74. The van der Waals surface area contributed by atoms with Gasteiger partial charge in [0.05, 0.1) is 26.3 Å². The van der Waals surface area contributed by atoms with Crippen LogP contribution in [-0.4, -0.2) is 160 Å². The minimum Gasteiger partial charge on any atom is -0.394 e. The van der Waals surface area contributed by atoms with Crippen LogP contribution in [0.4, 0.5) is 0 Å². The van der Waals surface area contributed by atoms with E-state index in [1.54, 1.807) is 0 Å². The maximum absolute atomic E-state index is 13.8. The summed E-state index contributed by atoms with van der Waals surface area (Å²) in [6.07, 6.45) is 8.50. The van der Waals surface area contributed by atoms with Gasteiger partial charge in [0.15, 0.2) is 6.23 Å². The number of carbonyl (C=O) groups is 8. The third-order valence-electron chi connectivity index (χ3n) is 12.0. The molecule has 0 radical (unpaired) electrons.